The molecule has 0 radical (unpaired) electrons. The van der Waals surface area contributed by atoms with Gasteiger partial charge in [-0.15, -0.1) is 0 Å². The summed E-state index contributed by atoms with van der Waals surface area (Å²) in [5, 5.41) is 1.77. The molecule has 118 valence electrons. The zero-order valence-electron chi connectivity index (χ0n) is 12.9. The minimum atomic E-state index is -0.130. The number of nitrogens with two attached hydrogens (primary N) is 1. The van der Waals surface area contributed by atoms with Crippen LogP contribution in [0.5, 0.6) is 0 Å². The summed E-state index contributed by atoms with van der Waals surface area (Å²) in [4.78, 5) is 25.9. The molecule has 1 aromatic carbocycles. The summed E-state index contributed by atoms with van der Waals surface area (Å²) in [6.45, 7) is 2.86. The summed E-state index contributed by atoms with van der Waals surface area (Å²) >= 11 is 1.10. The van der Waals surface area contributed by atoms with Gasteiger partial charge in [0.1, 0.15) is 6.54 Å². The molecule has 0 spiro atoms. The molecule has 0 saturated carbocycles. The monoisotopic (exact) mass is 319 g/mol. The van der Waals surface area contributed by atoms with Gasteiger partial charge >= 0.3 is 4.87 Å². The molecule has 0 bridgehead atoms. The number of hydrogen-bond donors (Lipinski definition) is 1. The number of hydrogen-bond acceptors (Lipinski definition) is 4. The minimum Gasteiger partial charge on any atom is -0.399 e. The topological polar surface area (TPSA) is 68.3 Å². The van der Waals surface area contributed by atoms with Crippen molar-refractivity contribution in [3.63, 3.8) is 0 Å². The second-order valence-corrected chi connectivity index (χ2v) is 6.09. The van der Waals surface area contributed by atoms with Crippen LogP contribution >= 0.6 is 11.3 Å². The molecule has 2 N–H and O–H groups in total. The zero-order valence-corrected chi connectivity index (χ0v) is 13.7. The third-order valence-electron chi connectivity index (χ3n) is 3.53. The number of nitrogen functional groups attached to an aromatic ring is 1. The third-order valence-corrected chi connectivity index (χ3v) is 4.29. The van der Waals surface area contributed by atoms with Gasteiger partial charge in [-0.3, -0.25) is 14.2 Å². The summed E-state index contributed by atoms with van der Waals surface area (Å²) < 4.78 is 1.52. The Kier molecular flexibility index (Phi) is 5.38. The number of carbonyl (C=O) groups excluding carboxylic acids is 1. The molecular weight excluding hydrogens is 298 g/mol. The van der Waals surface area contributed by atoms with Gasteiger partial charge in [0.15, 0.2) is 0 Å². The first kappa shape index (κ1) is 16.3. The Labute approximate surface area is 134 Å². The molecule has 6 heteroatoms. The van der Waals surface area contributed by atoms with E-state index in [9.17, 15) is 9.59 Å². The number of carbonyl (C=O) groups is 1. The number of benzene rings is 1. The van der Waals surface area contributed by atoms with Crippen LogP contribution in [0.15, 0.2) is 34.4 Å². The lowest BCUT2D eigenvalue weighted by Crippen LogP contribution is -2.33. The molecule has 1 aromatic heterocycles. The highest BCUT2D eigenvalue weighted by atomic mass is 32.1. The molecule has 0 unspecified atom stereocenters. The van der Waals surface area contributed by atoms with E-state index in [0.29, 0.717) is 12.2 Å². The molecule has 0 saturated heterocycles. The Bertz CT molecular complexity index is 705. The van der Waals surface area contributed by atoms with Gasteiger partial charge in [0.25, 0.3) is 0 Å². The van der Waals surface area contributed by atoms with Crippen molar-refractivity contribution < 1.29 is 4.79 Å². The van der Waals surface area contributed by atoms with Gasteiger partial charge < -0.3 is 10.6 Å². The molecule has 5 nitrogen and oxygen atoms in total. The van der Waals surface area contributed by atoms with E-state index in [0.717, 1.165) is 35.4 Å². The molecule has 2 rings (SSSR count). The first-order valence-corrected chi connectivity index (χ1v) is 8.19. The smallest absolute Gasteiger partial charge is 0.308 e. The van der Waals surface area contributed by atoms with Crippen molar-refractivity contribution in [1.82, 2.24) is 9.47 Å². The number of aromatic nitrogens is 1. The van der Waals surface area contributed by atoms with Crippen LogP contribution in [0, 0.1) is 0 Å². The molecule has 0 aliphatic rings. The van der Waals surface area contributed by atoms with Crippen molar-refractivity contribution >= 4 is 22.9 Å². The van der Waals surface area contributed by atoms with Crippen LogP contribution < -0.4 is 10.6 Å². The van der Waals surface area contributed by atoms with Crippen molar-refractivity contribution in [3.05, 3.63) is 39.3 Å². The number of amides is 1. The van der Waals surface area contributed by atoms with Crippen molar-refractivity contribution in [2.45, 2.75) is 26.3 Å². The second kappa shape index (κ2) is 7.26. The summed E-state index contributed by atoms with van der Waals surface area (Å²) in [5.74, 6) is -0.0564. The third kappa shape index (κ3) is 3.76. The van der Waals surface area contributed by atoms with E-state index in [1.54, 1.807) is 23.4 Å². The predicted molar refractivity (Wildman–Crippen MR) is 91.0 cm³/mol. The molecule has 0 fully saturated rings. The van der Waals surface area contributed by atoms with E-state index in [1.165, 1.54) is 4.57 Å². The van der Waals surface area contributed by atoms with Gasteiger partial charge in [-0.2, -0.15) is 0 Å². The Morgan fingerprint density at radius 3 is 2.86 bits per heavy atom. The first-order valence-electron chi connectivity index (χ1n) is 7.31. The van der Waals surface area contributed by atoms with Crippen LogP contribution in [-0.4, -0.2) is 29.0 Å². The number of anilines is 1. The van der Waals surface area contributed by atoms with E-state index < -0.39 is 0 Å². The minimum absolute atomic E-state index is 0.0564. The van der Waals surface area contributed by atoms with Crippen LogP contribution in [0.25, 0.3) is 11.3 Å². The van der Waals surface area contributed by atoms with Crippen molar-refractivity contribution in [2.75, 3.05) is 19.3 Å². The first-order chi connectivity index (χ1) is 10.5. The Hall–Kier alpha value is -2.08. The summed E-state index contributed by atoms with van der Waals surface area (Å²) in [6.07, 6.45) is 1.99. The summed E-state index contributed by atoms with van der Waals surface area (Å²) in [5.41, 5.74) is 8.02. The lowest BCUT2D eigenvalue weighted by Gasteiger charge is -2.17. The number of likely N-dealkylation sites (N-methyl/N-ethyl adjacent to an activating group) is 1. The Balaban J connectivity index is 2.23. The Morgan fingerprint density at radius 2 is 2.18 bits per heavy atom. The second-order valence-electron chi connectivity index (χ2n) is 5.27. The van der Waals surface area contributed by atoms with Crippen molar-refractivity contribution in [2.24, 2.45) is 0 Å². The highest BCUT2D eigenvalue weighted by Crippen LogP contribution is 2.22. The molecule has 1 amide bonds. The van der Waals surface area contributed by atoms with Gasteiger partial charge in [0, 0.05) is 30.2 Å². The van der Waals surface area contributed by atoms with Gasteiger partial charge in [0.2, 0.25) is 5.91 Å². The van der Waals surface area contributed by atoms with Crippen LogP contribution in [0.4, 0.5) is 5.69 Å². The van der Waals surface area contributed by atoms with Crippen LogP contribution in [0.3, 0.4) is 0 Å². The number of nitrogens with zero attached hydrogens (tertiary/aromatic N) is 2. The normalized spacial score (nSPS) is 10.6. The average molecular weight is 319 g/mol. The number of thiazole rings is 1. The van der Waals surface area contributed by atoms with E-state index in [1.807, 2.05) is 18.2 Å². The maximum atomic E-state index is 12.3. The van der Waals surface area contributed by atoms with E-state index >= 15 is 0 Å². The van der Waals surface area contributed by atoms with Gasteiger partial charge in [0.05, 0.1) is 5.69 Å². The SMILES string of the molecule is CCCCN(C)C(=O)Cn1c(-c2cccc(N)c2)csc1=O. The predicted octanol–water partition coefficient (Wildman–Crippen LogP) is 2.42. The maximum Gasteiger partial charge on any atom is 0.308 e. The highest BCUT2D eigenvalue weighted by Gasteiger charge is 2.15. The molecule has 22 heavy (non-hydrogen) atoms. The van der Waals surface area contributed by atoms with Gasteiger partial charge in [-0.1, -0.05) is 36.8 Å². The van der Waals surface area contributed by atoms with E-state index in [2.05, 4.69) is 6.92 Å². The molecule has 1 heterocycles. The largest absolute Gasteiger partial charge is 0.399 e. The lowest BCUT2D eigenvalue weighted by atomic mass is 10.1. The van der Waals surface area contributed by atoms with Crippen molar-refractivity contribution in [3.8, 4) is 11.3 Å². The van der Waals surface area contributed by atoms with E-state index in [-0.39, 0.29) is 17.3 Å². The fourth-order valence-corrected chi connectivity index (χ4v) is 2.95. The molecule has 0 aliphatic carbocycles. The van der Waals surface area contributed by atoms with Gasteiger partial charge in [-0.25, -0.2) is 0 Å². The van der Waals surface area contributed by atoms with Crippen molar-refractivity contribution in [1.29, 1.82) is 0 Å². The summed E-state index contributed by atoms with van der Waals surface area (Å²) in [7, 11) is 1.77. The highest BCUT2D eigenvalue weighted by molar-refractivity contribution is 7.07. The number of unbranched alkanes of at least 4 members (excludes halogenated alkanes) is 1. The molecule has 0 atom stereocenters. The summed E-state index contributed by atoms with van der Waals surface area (Å²) in [6, 6.07) is 7.33. The Morgan fingerprint density at radius 1 is 1.41 bits per heavy atom. The fraction of sp³-hybridized carbons (Fsp3) is 0.375. The lowest BCUT2D eigenvalue weighted by molar-refractivity contribution is -0.130. The zero-order chi connectivity index (χ0) is 16.1. The molecule has 0 aliphatic heterocycles. The fourth-order valence-electron chi connectivity index (χ4n) is 2.18. The maximum absolute atomic E-state index is 12.3. The van der Waals surface area contributed by atoms with Gasteiger partial charge in [-0.05, 0) is 18.6 Å². The molecule has 2 aromatic rings. The quantitative estimate of drug-likeness (QED) is 0.831. The van der Waals surface area contributed by atoms with E-state index in [4.69, 9.17) is 5.73 Å². The van der Waals surface area contributed by atoms with Crippen LogP contribution in [-0.2, 0) is 11.3 Å². The van der Waals surface area contributed by atoms with Crippen LogP contribution in [0.2, 0.25) is 0 Å². The molecular formula is C16H21N3O2S. The van der Waals surface area contributed by atoms with Crippen LogP contribution in [0.1, 0.15) is 19.8 Å². The standard InChI is InChI=1S/C16H21N3O2S/c1-3-4-8-18(2)15(20)10-19-14(11-22-16(19)21)12-6-5-7-13(17)9-12/h5-7,9,11H,3-4,8,10,17H2,1-2H3. The average Bonchev–Trinajstić information content (AvgIpc) is 2.86. The number of rotatable bonds is 6.